The molecule has 1 aromatic carbocycles. The molecular formula is C19H18F3N5O. The van der Waals surface area contributed by atoms with Gasteiger partial charge in [0, 0.05) is 6.54 Å². The molecule has 0 N–H and O–H groups in total. The van der Waals surface area contributed by atoms with Gasteiger partial charge in [0.1, 0.15) is 12.4 Å². The van der Waals surface area contributed by atoms with Crippen molar-refractivity contribution in [2.24, 2.45) is 0 Å². The van der Waals surface area contributed by atoms with Crippen molar-refractivity contribution in [2.75, 3.05) is 11.4 Å². The van der Waals surface area contributed by atoms with Crippen LogP contribution in [-0.4, -0.2) is 32.5 Å². The molecule has 0 saturated carbocycles. The molecule has 3 heterocycles. The minimum Gasteiger partial charge on any atom is -0.345 e. The van der Waals surface area contributed by atoms with Gasteiger partial charge in [-0.25, -0.2) is 4.98 Å². The number of halogens is 3. The number of fused-ring (bicyclic) bond motifs is 1. The summed E-state index contributed by atoms with van der Waals surface area (Å²) < 4.78 is 40.4. The summed E-state index contributed by atoms with van der Waals surface area (Å²) in [6.45, 7) is 1.05. The van der Waals surface area contributed by atoms with Gasteiger partial charge < -0.3 is 4.90 Å². The van der Waals surface area contributed by atoms with E-state index in [1.807, 2.05) is 11.8 Å². The van der Waals surface area contributed by atoms with Crippen LogP contribution >= 0.6 is 0 Å². The van der Waals surface area contributed by atoms with E-state index in [9.17, 15) is 18.0 Å². The minimum absolute atomic E-state index is 0.112. The number of hydrogen-bond donors (Lipinski definition) is 0. The molecule has 2 aromatic heterocycles. The molecule has 1 unspecified atom stereocenters. The van der Waals surface area contributed by atoms with Crippen molar-refractivity contribution in [2.45, 2.75) is 38.5 Å². The fourth-order valence-electron chi connectivity index (χ4n) is 3.63. The third-order valence-electron chi connectivity index (χ3n) is 4.86. The molecule has 1 aliphatic rings. The molecule has 6 nitrogen and oxygen atoms in total. The van der Waals surface area contributed by atoms with Crippen molar-refractivity contribution in [3.05, 3.63) is 58.3 Å². The van der Waals surface area contributed by atoms with Crippen molar-refractivity contribution in [1.29, 1.82) is 0 Å². The number of hydrogen-bond acceptors (Lipinski definition) is 5. The maximum atomic E-state index is 13.2. The zero-order chi connectivity index (χ0) is 19.9. The third-order valence-corrected chi connectivity index (χ3v) is 4.86. The molecule has 0 amide bonds. The lowest BCUT2D eigenvalue weighted by Gasteiger charge is -2.27. The lowest BCUT2D eigenvalue weighted by atomic mass is 10.1. The first-order valence-electron chi connectivity index (χ1n) is 8.97. The van der Waals surface area contributed by atoms with Crippen LogP contribution in [0.5, 0.6) is 0 Å². The fraction of sp³-hybridized carbons (Fsp3) is 0.368. The van der Waals surface area contributed by atoms with Crippen molar-refractivity contribution < 1.29 is 13.2 Å². The Balaban J connectivity index is 1.87. The molecule has 4 rings (SSSR count). The van der Waals surface area contributed by atoms with Crippen LogP contribution in [0.4, 0.5) is 19.0 Å². The normalized spacial score (nSPS) is 17.4. The SMILES string of the molecule is Cc1ccc(N2CCCC2c2nc3ccccc3c(=O)n2CC(F)(F)F)nn1. The van der Waals surface area contributed by atoms with Gasteiger partial charge in [0.2, 0.25) is 0 Å². The van der Waals surface area contributed by atoms with Crippen molar-refractivity contribution >= 4 is 16.7 Å². The van der Waals surface area contributed by atoms with Gasteiger partial charge in [0.15, 0.2) is 5.82 Å². The minimum atomic E-state index is -4.53. The Bertz CT molecular complexity index is 1060. The summed E-state index contributed by atoms with van der Waals surface area (Å²) in [6, 6.07) is 9.58. The second-order valence-corrected chi connectivity index (χ2v) is 6.88. The average molecular weight is 389 g/mol. The Morgan fingerprint density at radius 3 is 2.64 bits per heavy atom. The number of benzene rings is 1. The second kappa shape index (κ2) is 6.88. The maximum absolute atomic E-state index is 13.2. The van der Waals surface area contributed by atoms with Crippen molar-refractivity contribution in [1.82, 2.24) is 19.7 Å². The van der Waals surface area contributed by atoms with Crippen LogP contribution in [0, 0.1) is 6.92 Å². The Kier molecular flexibility index (Phi) is 4.52. The summed E-state index contributed by atoms with van der Waals surface area (Å²) in [4.78, 5) is 19.2. The topological polar surface area (TPSA) is 63.9 Å². The molecule has 1 atom stereocenters. The maximum Gasteiger partial charge on any atom is 0.406 e. The first-order chi connectivity index (χ1) is 13.3. The number of anilines is 1. The average Bonchev–Trinajstić information content (AvgIpc) is 3.13. The summed E-state index contributed by atoms with van der Waals surface area (Å²) >= 11 is 0. The number of aromatic nitrogens is 4. The zero-order valence-electron chi connectivity index (χ0n) is 15.1. The number of nitrogens with zero attached hydrogens (tertiary/aromatic N) is 5. The monoisotopic (exact) mass is 389 g/mol. The van der Waals surface area contributed by atoms with E-state index >= 15 is 0 Å². The Morgan fingerprint density at radius 2 is 1.93 bits per heavy atom. The number of alkyl halides is 3. The van der Waals surface area contributed by atoms with E-state index in [0.717, 1.165) is 16.7 Å². The molecule has 0 bridgehead atoms. The first kappa shape index (κ1) is 18.4. The fourth-order valence-corrected chi connectivity index (χ4v) is 3.63. The quantitative estimate of drug-likeness (QED) is 0.687. The predicted octanol–water partition coefficient (Wildman–Crippen LogP) is 3.40. The lowest BCUT2D eigenvalue weighted by molar-refractivity contribution is -0.141. The van der Waals surface area contributed by atoms with Gasteiger partial charge in [0.25, 0.3) is 5.56 Å². The van der Waals surface area contributed by atoms with Gasteiger partial charge in [-0.05, 0) is 44.0 Å². The summed E-state index contributed by atoms with van der Waals surface area (Å²) in [5, 5.41) is 8.38. The molecule has 0 aliphatic carbocycles. The van der Waals surface area contributed by atoms with Gasteiger partial charge >= 0.3 is 6.18 Å². The lowest BCUT2D eigenvalue weighted by Crippen LogP contribution is -2.36. The Labute approximate surface area is 158 Å². The molecule has 9 heteroatoms. The van der Waals surface area contributed by atoms with Crippen LogP contribution < -0.4 is 10.5 Å². The van der Waals surface area contributed by atoms with Crippen LogP contribution in [0.1, 0.15) is 30.4 Å². The van der Waals surface area contributed by atoms with Gasteiger partial charge in [-0.2, -0.15) is 18.3 Å². The van der Waals surface area contributed by atoms with E-state index in [-0.39, 0.29) is 11.2 Å². The molecule has 0 radical (unpaired) electrons. The molecular weight excluding hydrogens is 371 g/mol. The predicted molar refractivity (Wildman–Crippen MR) is 98.1 cm³/mol. The third kappa shape index (κ3) is 3.44. The van der Waals surface area contributed by atoms with Crippen LogP contribution in [0.2, 0.25) is 0 Å². The standard InChI is InChI=1S/C19H18F3N5O/c1-12-8-9-16(25-24-12)26-10-4-7-15(26)17-23-14-6-3-2-5-13(14)18(28)27(17)11-19(20,21)22/h2-3,5-6,8-9,15H,4,7,10-11H2,1H3. The van der Waals surface area contributed by atoms with Gasteiger partial charge in [-0.15, -0.1) is 5.10 Å². The number of para-hydroxylation sites is 1. The summed E-state index contributed by atoms with van der Waals surface area (Å²) in [7, 11) is 0. The van der Waals surface area contributed by atoms with Gasteiger partial charge in [-0.1, -0.05) is 12.1 Å². The van der Waals surface area contributed by atoms with E-state index in [4.69, 9.17) is 0 Å². The highest BCUT2D eigenvalue weighted by Gasteiger charge is 2.35. The van der Waals surface area contributed by atoms with E-state index < -0.39 is 24.3 Å². The zero-order valence-corrected chi connectivity index (χ0v) is 15.1. The molecule has 3 aromatic rings. The van der Waals surface area contributed by atoms with E-state index in [2.05, 4.69) is 15.2 Å². The van der Waals surface area contributed by atoms with Crippen LogP contribution in [0.25, 0.3) is 10.9 Å². The van der Waals surface area contributed by atoms with Crippen LogP contribution in [0.15, 0.2) is 41.2 Å². The molecule has 1 saturated heterocycles. The molecule has 146 valence electrons. The summed E-state index contributed by atoms with van der Waals surface area (Å²) in [5.41, 5.74) is 0.458. The van der Waals surface area contributed by atoms with Crippen molar-refractivity contribution in [3.8, 4) is 0 Å². The molecule has 28 heavy (non-hydrogen) atoms. The second-order valence-electron chi connectivity index (χ2n) is 6.88. The van der Waals surface area contributed by atoms with E-state index in [0.29, 0.717) is 24.3 Å². The molecule has 1 fully saturated rings. The van der Waals surface area contributed by atoms with Gasteiger partial charge in [0.05, 0.1) is 22.6 Å². The number of rotatable bonds is 3. The smallest absolute Gasteiger partial charge is 0.345 e. The largest absolute Gasteiger partial charge is 0.406 e. The first-order valence-corrected chi connectivity index (χ1v) is 8.97. The van der Waals surface area contributed by atoms with E-state index in [1.54, 1.807) is 30.3 Å². The van der Waals surface area contributed by atoms with Crippen LogP contribution in [-0.2, 0) is 6.54 Å². The summed E-state index contributed by atoms with van der Waals surface area (Å²) in [5.74, 6) is 0.676. The van der Waals surface area contributed by atoms with Crippen molar-refractivity contribution in [3.63, 3.8) is 0 Å². The molecule has 1 aliphatic heterocycles. The van der Waals surface area contributed by atoms with Crippen LogP contribution in [0.3, 0.4) is 0 Å². The summed E-state index contributed by atoms with van der Waals surface area (Å²) in [6.07, 6.45) is -3.19. The highest BCUT2D eigenvalue weighted by molar-refractivity contribution is 5.77. The Hall–Kier alpha value is -2.97. The number of aryl methyl sites for hydroxylation is 1. The highest BCUT2D eigenvalue weighted by atomic mass is 19.4. The Morgan fingerprint density at radius 1 is 1.14 bits per heavy atom. The van der Waals surface area contributed by atoms with E-state index in [1.165, 1.54) is 6.07 Å². The van der Waals surface area contributed by atoms with Gasteiger partial charge in [-0.3, -0.25) is 9.36 Å². The highest BCUT2D eigenvalue weighted by Crippen LogP contribution is 2.35. The molecule has 0 spiro atoms.